The van der Waals surface area contributed by atoms with E-state index in [2.05, 4.69) is 0 Å². The molecule has 1 fully saturated rings. The van der Waals surface area contributed by atoms with Crippen molar-refractivity contribution in [1.82, 2.24) is 4.90 Å². The number of thiophene rings is 1. The first kappa shape index (κ1) is 13.4. The Labute approximate surface area is 121 Å². The molecule has 1 aromatic heterocycles. The summed E-state index contributed by atoms with van der Waals surface area (Å²) in [4.78, 5) is 15.0. The molecule has 2 unspecified atom stereocenters. The smallest absolute Gasteiger partial charge is 0.266 e. The van der Waals surface area contributed by atoms with Gasteiger partial charge in [-0.1, -0.05) is 25.1 Å². The number of piperidine rings is 1. The average Bonchev–Trinajstić information content (AvgIpc) is 2.79. The number of hydrogen-bond acceptors (Lipinski definition) is 4. The number of anilines is 1. The zero-order valence-electron chi connectivity index (χ0n) is 11.4. The molecule has 0 bridgehead atoms. The van der Waals surface area contributed by atoms with Crippen LogP contribution in [0.2, 0.25) is 0 Å². The highest BCUT2D eigenvalue weighted by Crippen LogP contribution is 2.34. The molecule has 1 saturated heterocycles. The van der Waals surface area contributed by atoms with Crippen molar-refractivity contribution in [1.29, 1.82) is 0 Å². The SMILES string of the molecule is CC1CN(C(=O)c2sc3ccccc3c2N)CCC1O. The molecule has 1 aromatic carbocycles. The maximum atomic E-state index is 12.6. The van der Waals surface area contributed by atoms with E-state index in [1.54, 1.807) is 4.90 Å². The van der Waals surface area contributed by atoms with Gasteiger partial charge in [0.2, 0.25) is 0 Å². The number of nitrogens with zero attached hydrogens (tertiary/aromatic N) is 1. The summed E-state index contributed by atoms with van der Waals surface area (Å²) < 4.78 is 1.04. The van der Waals surface area contributed by atoms with E-state index in [-0.39, 0.29) is 17.9 Å². The highest BCUT2D eigenvalue weighted by atomic mass is 32.1. The Morgan fingerprint density at radius 1 is 1.45 bits per heavy atom. The van der Waals surface area contributed by atoms with Crippen molar-refractivity contribution in [2.75, 3.05) is 18.8 Å². The lowest BCUT2D eigenvalue weighted by Gasteiger charge is -2.34. The molecule has 2 atom stereocenters. The van der Waals surface area contributed by atoms with Gasteiger partial charge in [-0.15, -0.1) is 11.3 Å². The van der Waals surface area contributed by atoms with Crippen molar-refractivity contribution in [2.24, 2.45) is 5.92 Å². The summed E-state index contributed by atoms with van der Waals surface area (Å²) in [6, 6.07) is 7.81. The summed E-state index contributed by atoms with van der Waals surface area (Å²) in [5.74, 6) is 0.103. The summed E-state index contributed by atoms with van der Waals surface area (Å²) in [5.41, 5.74) is 6.70. The molecule has 2 heterocycles. The van der Waals surface area contributed by atoms with Crippen molar-refractivity contribution >= 4 is 33.0 Å². The Morgan fingerprint density at radius 2 is 2.20 bits per heavy atom. The van der Waals surface area contributed by atoms with Crippen LogP contribution in [0, 0.1) is 5.92 Å². The van der Waals surface area contributed by atoms with Gasteiger partial charge in [-0.25, -0.2) is 0 Å². The molecule has 4 nitrogen and oxygen atoms in total. The summed E-state index contributed by atoms with van der Waals surface area (Å²) >= 11 is 1.45. The molecule has 0 spiro atoms. The minimum absolute atomic E-state index is 0.0116. The molecule has 5 heteroatoms. The minimum Gasteiger partial charge on any atom is -0.397 e. The van der Waals surface area contributed by atoms with E-state index in [0.717, 1.165) is 10.1 Å². The number of nitrogen functional groups attached to an aromatic ring is 1. The number of amides is 1. The fourth-order valence-corrected chi connectivity index (χ4v) is 3.78. The summed E-state index contributed by atoms with van der Waals surface area (Å²) in [5, 5.41) is 10.7. The molecule has 0 radical (unpaired) electrons. The first-order valence-electron chi connectivity index (χ1n) is 6.82. The number of carbonyl (C=O) groups is 1. The van der Waals surface area contributed by atoms with Crippen LogP contribution in [-0.2, 0) is 0 Å². The number of fused-ring (bicyclic) bond motifs is 1. The monoisotopic (exact) mass is 290 g/mol. The number of hydrogen-bond donors (Lipinski definition) is 2. The first-order valence-corrected chi connectivity index (χ1v) is 7.64. The lowest BCUT2D eigenvalue weighted by molar-refractivity contribution is 0.0301. The van der Waals surface area contributed by atoms with Crippen LogP contribution < -0.4 is 5.73 Å². The third-order valence-corrected chi connectivity index (χ3v) is 5.15. The van der Waals surface area contributed by atoms with Crippen molar-refractivity contribution in [3.63, 3.8) is 0 Å². The predicted octanol–water partition coefficient (Wildman–Crippen LogP) is 2.33. The molecule has 3 rings (SSSR count). The zero-order valence-corrected chi connectivity index (χ0v) is 12.2. The maximum absolute atomic E-state index is 12.6. The molecule has 1 aliphatic heterocycles. The molecule has 20 heavy (non-hydrogen) atoms. The summed E-state index contributed by atoms with van der Waals surface area (Å²) in [6.45, 7) is 3.16. The van der Waals surface area contributed by atoms with Crippen molar-refractivity contribution < 1.29 is 9.90 Å². The molecular formula is C15H18N2O2S. The molecular weight excluding hydrogens is 272 g/mol. The maximum Gasteiger partial charge on any atom is 0.266 e. The van der Waals surface area contributed by atoms with E-state index in [4.69, 9.17) is 5.73 Å². The van der Waals surface area contributed by atoms with E-state index in [1.165, 1.54) is 11.3 Å². The van der Waals surface area contributed by atoms with Crippen LogP contribution in [0.3, 0.4) is 0 Å². The van der Waals surface area contributed by atoms with Crippen LogP contribution >= 0.6 is 11.3 Å². The lowest BCUT2D eigenvalue weighted by atomic mass is 9.96. The normalized spacial score (nSPS) is 23.2. The molecule has 0 saturated carbocycles. The number of aliphatic hydroxyl groups excluding tert-OH is 1. The third kappa shape index (κ3) is 2.17. The standard InChI is InChI=1S/C15H18N2O2S/c1-9-8-17(7-6-11(9)18)15(19)14-13(16)10-4-2-3-5-12(10)20-14/h2-5,9,11,18H,6-8,16H2,1H3. The van der Waals surface area contributed by atoms with Crippen molar-refractivity contribution in [2.45, 2.75) is 19.4 Å². The lowest BCUT2D eigenvalue weighted by Crippen LogP contribution is -2.44. The van der Waals surface area contributed by atoms with Crippen molar-refractivity contribution in [3.05, 3.63) is 29.1 Å². The first-order chi connectivity index (χ1) is 9.58. The fraction of sp³-hybridized carbons (Fsp3) is 0.400. The van der Waals surface area contributed by atoms with Crippen LogP contribution in [0.5, 0.6) is 0 Å². The fourth-order valence-electron chi connectivity index (χ4n) is 2.69. The van der Waals surface area contributed by atoms with Gasteiger partial charge in [-0.2, -0.15) is 0 Å². The molecule has 1 amide bonds. The predicted molar refractivity (Wildman–Crippen MR) is 81.9 cm³/mol. The average molecular weight is 290 g/mol. The zero-order chi connectivity index (χ0) is 14.3. The number of rotatable bonds is 1. The number of nitrogens with two attached hydrogens (primary N) is 1. The quantitative estimate of drug-likeness (QED) is 0.847. The van der Waals surface area contributed by atoms with E-state index in [9.17, 15) is 9.90 Å². The van der Waals surface area contributed by atoms with Gasteiger partial charge in [0.25, 0.3) is 5.91 Å². The largest absolute Gasteiger partial charge is 0.397 e. The van der Waals surface area contributed by atoms with Crippen LogP contribution in [0.1, 0.15) is 23.0 Å². The minimum atomic E-state index is -0.307. The second-order valence-corrected chi connectivity index (χ2v) is 6.48. The Hall–Kier alpha value is -1.59. The Balaban J connectivity index is 1.91. The third-order valence-electron chi connectivity index (χ3n) is 3.98. The molecule has 2 aromatic rings. The highest BCUT2D eigenvalue weighted by Gasteiger charge is 2.29. The molecule has 1 aliphatic rings. The Bertz CT molecular complexity index is 652. The van der Waals surface area contributed by atoms with Gasteiger partial charge in [0.05, 0.1) is 11.8 Å². The van der Waals surface area contributed by atoms with E-state index in [0.29, 0.717) is 30.1 Å². The van der Waals surface area contributed by atoms with Gasteiger partial charge in [0.15, 0.2) is 0 Å². The van der Waals surface area contributed by atoms with Crippen LogP contribution in [0.4, 0.5) is 5.69 Å². The van der Waals surface area contributed by atoms with Crippen molar-refractivity contribution in [3.8, 4) is 0 Å². The van der Waals surface area contributed by atoms with E-state index < -0.39 is 0 Å². The van der Waals surface area contributed by atoms with Gasteiger partial charge < -0.3 is 15.7 Å². The van der Waals surface area contributed by atoms with Crippen LogP contribution in [0.25, 0.3) is 10.1 Å². The van der Waals surface area contributed by atoms with Gasteiger partial charge in [-0.3, -0.25) is 4.79 Å². The van der Waals surface area contributed by atoms with Crippen LogP contribution in [0.15, 0.2) is 24.3 Å². The van der Waals surface area contributed by atoms with Gasteiger partial charge in [0, 0.05) is 23.2 Å². The second-order valence-electron chi connectivity index (χ2n) is 5.43. The van der Waals surface area contributed by atoms with Gasteiger partial charge >= 0.3 is 0 Å². The Kier molecular flexibility index (Phi) is 3.40. The van der Waals surface area contributed by atoms with E-state index >= 15 is 0 Å². The number of likely N-dealkylation sites (tertiary alicyclic amines) is 1. The number of benzene rings is 1. The summed E-state index contributed by atoms with van der Waals surface area (Å²) in [7, 11) is 0. The molecule has 3 N–H and O–H groups in total. The number of aliphatic hydroxyl groups is 1. The summed E-state index contributed by atoms with van der Waals surface area (Å²) in [6.07, 6.45) is 0.330. The topological polar surface area (TPSA) is 66.6 Å². The highest BCUT2D eigenvalue weighted by molar-refractivity contribution is 7.21. The van der Waals surface area contributed by atoms with Gasteiger partial charge in [0.1, 0.15) is 4.88 Å². The Morgan fingerprint density at radius 3 is 2.90 bits per heavy atom. The molecule has 0 aliphatic carbocycles. The van der Waals surface area contributed by atoms with E-state index in [1.807, 2.05) is 31.2 Å². The molecule has 106 valence electrons. The van der Waals surface area contributed by atoms with Gasteiger partial charge in [-0.05, 0) is 18.4 Å². The second kappa shape index (κ2) is 5.07. The van der Waals surface area contributed by atoms with Crippen LogP contribution in [-0.4, -0.2) is 35.1 Å². The number of carbonyl (C=O) groups excluding carboxylic acids is 1.